The maximum atomic E-state index is 12.9. The van der Waals surface area contributed by atoms with Gasteiger partial charge in [0, 0.05) is 19.2 Å². The maximum Gasteiger partial charge on any atom is 0.244 e. The van der Waals surface area contributed by atoms with Crippen molar-refractivity contribution in [2.24, 2.45) is 0 Å². The first-order valence-corrected chi connectivity index (χ1v) is 15.0. The molecule has 198 valence electrons. The highest BCUT2D eigenvalue weighted by atomic mass is 32.2. The number of sulfonamides is 2. The minimum Gasteiger partial charge on any atom is -0.497 e. The van der Waals surface area contributed by atoms with Crippen LogP contribution in [0.5, 0.6) is 11.5 Å². The molecule has 1 amide bonds. The zero-order chi connectivity index (χ0) is 26.3. The van der Waals surface area contributed by atoms with E-state index in [1.54, 1.807) is 43.3 Å². The molecule has 2 aromatic carbocycles. The highest BCUT2D eigenvalue weighted by Gasteiger charge is 2.31. The van der Waals surface area contributed by atoms with E-state index in [2.05, 4.69) is 5.32 Å². The molecule has 1 N–H and O–H groups in total. The van der Waals surface area contributed by atoms with Crippen molar-refractivity contribution in [3.63, 3.8) is 0 Å². The number of amides is 1. The van der Waals surface area contributed by atoms with Gasteiger partial charge in [0.15, 0.2) is 0 Å². The lowest BCUT2D eigenvalue weighted by molar-refractivity contribution is -0.122. The van der Waals surface area contributed by atoms with Gasteiger partial charge in [0.25, 0.3) is 0 Å². The molecule has 1 atom stereocenters. The number of carbonyl (C=O) groups excluding carboxylic acids is 1. The summed E-state index contributed by atoms with van der Waals surface area (Å²) in [5.41, 5.74) is 0.332. The zero-order valence-corrected chi connectivity index (χ0v) is 22.3. The molecule has 1 aliphatic heterocycles. The van der Waals surface area contributed by atoms with Gasteiger partial charge >= 0.3 is 0 Å². The fourth-order valence-corrected chi connectivity index (χ4v) is 6.77. The van der Waals surface area contributed by atoms with E-state index >= 15 is 0 Å². The third kappa shape index (κ3) is 6.68. The van der Waals surface area contributed by atoms with Gasteiger partial charge in [0.05, 0.1) is 30.5 Å². The molecule has 1 fully saturated rings. The van der Waals surface area contributed by atoms with E-state index < -0.39 is 32.0 Å². The van der Waals surface area contributed by atoms with Crippen LogP contribution in [-0.2, 0) is 24.8 Å². The molecule has 1 saturated heterocycles. The number of rotatable bonds is 12. The normalized spacial score (nSPS) is 15.3. The smallest absolute Gasteiger partial charge is 0.244 e. The second-order valence-corrected chi connectivity index (χ2v) is 12.2. The summed E-state index contributed by atoms with van der Waals surface area (Å²) in [5, 5.41) is 2.72. The number of methoxy groups -OCH3 is 1. The molecule has 3 rings (SSSR count). The van der Waals surface area contributed by atoms with Gasteiger partial charge < -0.3 is 14.8 Å². The van der Waals surface area contributed by atoms with Crippen LogP contribution >= 0.6 is 0 Å². The first-order valence-electron chi connectivity index (χ1n) is 11.7. The second kappa shape index (κ2) is 11.9. The molecule has 2 aromatic rings. The summed E-state index contributed by atoms with van der Waals surface area (Å²) in [5.74, 6) is 0.483. The molecule has 0 radical (unpaired) electrons. The molecule has 0 spiro atoms. The van der Waals surface area contributed by atoms with Gasteiger partial charge in [0.2, 0.25) is 26.0 Å². The summed E-state index contributed by atoms with van der Waals surface area (Å²) in [7, 11) is -5.77. The van der Waals surface area contributed by atoms with Crippen molar-refractivity contribution in [1.82, 2.24) is 9.62 Å². The fourth-order valence-electron chi connectivity index (χ4n) is 4.05. The van der Waals surface area contributed by atoms with Gasteiger partial charge in [-0.15, -0.1) is 0 Å². The summed E-state index contributed by atoms with van der Waals surface area (Å²) in [6.45, 7) is 3.06. The van der Waals surface area contributed by atoms with Crippen LogP contribution < -0.4 is 19.1 Å². The van der Waals surface area contributed by atoms with Crippen LogP contribution in [0, 0.1) is 0 Å². The summed E-state index contributed by atoms with van der Waals surface area (Å²) < 4.78 is 63.8. The Kier molecular flexibility index (Phi) is 9.20. The molecule has 10 nitrogen and oxygen atoms in total. The maximum absolute atomic E-state index is 12.9. The van der Waals surface area contributed by atoms with E-state index in [-0.39, 0.29) is 24.5 Å². The van der Waals surface area contributed by atoms with Crippen molar-refractivity contribution in [1.29, 1.82) is 0 Å². The van der Waals surface area contributed by atoms with Gasteiger partial charge in [0.1, 0.15) is 24.1 Å². The molecule has 0 unspecified atom stereocenters. The summed E-state index contributed by atoms with van der Waals surface area (Å²) in [4.78, 5) is 13.1. The molecule has 0 bridgehead atoms. The van der Waals surface area contributed by atoms with Crippen molar-refractivity contribution in [2.45, 2.75) is 37.1 Å². The highest BCUT2D eigenvalue weighted by Crippen LogP contribution is 2.26. The van der Waals surface area contributed by atoms with Crippen LogP contribution in [0.3, 0.4) is 0 Å². The van der Waals surface area contributed by atoms with Gasteiger partial charge in [-0.2, -0.15) is 4.31 Å². The van der Waals surface area contributed by atoms with E-state index in [1.807, 2.05) is 0 Å². The molecule has 36 heavy (non-hydrogen) atoms. The van der Waals surface area contributed by atoms with E-state index in [0.717, 1.165) is 23.4 Å². The minimum atomic E-state index is -3.76. The molecule has 0 aromatic heterocycles. The van der Waals surface area contributed by atoms with Crippen LogP contribution in [-0.4, -0.2) is 72.7 Å². The lowest BCUT2D eigenvalue weighted by Gasteiger charge is -2.30. The van der Waals surface area contributed by atoms with Crippen LogP contribution in [0.1, 0.15) is 26.2 Å². The van der Waals surface area contributed by atoms with Crippen molar-refractivity contribution < 1.29 is 31.1 Å². The standard InChI is InChI=1S/C24H33N3O7S2/c1-4-23(27(35(3,29)30)19-8-7-9-21(18-19)33-2)24(28)25-14-17-34-20-10-12-22(13-11-20)36(31,32)26-15-5-6-16-26/h7-13,18,23H,4-6,14-17H2,1-3H3,(H,25,28)/t23-/m0/s1. The second-order valence-electron chi connectivity index (χ2n) is 8.41. The number of hydrogen-bond acceptors (Lipinski definition) is 7. The predicted octanol–water partition coefficient (Wildman–Crippen LogP) is 2.22. The summed E-state index contributed by atoms with van der Waals surface area (Å²) in [6.07, 6.45) is 3.04. The Morgan fingerprint density at radius 1 is 1.06 bits per heavy atom. The summed E-state index contributed by atoms with van der Waals surface area (Å²) in [6, 6.07) is 11.7. The van der Waals surface area contributed by atoms with E-state index in [4.69, 9.17) is 9.47 Å². The number of benzene rings is 2. The van der Waals surface area contributed by atoms with E-state index in [9.17, 15) is 21.6 Å². The first kappa shape index (κ1) is 27.8. The molecular weight excluding hydrogens is 506 g/mol. The lowest BCUT2D eigenvalue weighted by Crippen LogP contribution is -2.50. The predicted molar refractivity (Wildman–Crippen MR) is 137 cm³/mol. The largest absolute Gasteiger partial charge is 0.497 e. The zero-order valence-electron chi connectivity index (χ0n) is 20.7. The highest BCUT2D eigenvalue weighted by molar-refractivity contribution is 7.92. The average molecular weight is 540 g/mol. The van der Waals surface area contributed by atoms with Crippen LogP contribution in [0.4, 0.5) is 5.69 Å². The summed E-state index contributed by atoms with van der Waals surface area (Å²) >= 11 is 0. The third-order valence-electron chi connectivity index (χ3n) is 5.83. The van der Waals surface area contributed by atoms with Crippen molar-refractivity contribution in [3.05, 3.63) is 48.5 Å². The molecule has 1 heterocycles. The lowest BCUT2D eigenvalue weighted by atomic mass is 10.2. The Hall–Kier alpha value is -2.83. The molecule has 12 heteroatoms. The van der Waals surface area contributed by atoms with Gasteiger partial charge in [-0.1, -0.05) is 13.0 Å². The third-order valence-corrected chi connectivity index (χ3v) is 8.93. The Bertz CT molecular complexity index is 1240. The van der Waals surface area contributed by atoms with Crippen LogP contribution in [0.2, 0.25) is 0 Å². The minimum absolute atomic E-state index is 0.123. The van der Waals surface area contributed by atoms with Gasteiger partial charge in [-0.25, -0.2) is 16.8 Å². The number of hydrogen-bond donors (Lipinski definition) is 1. The Balaban J connectivity index is 1.59. The van der Waals surface area contributed by atoms with Crippen molar-refractivity contribution in [3.8, 4) is 11.5 Å². The molecule has 0 saturated carbocycles. The van der Waals surface area contributed by atoms with Crippen molar-refractivity contribution >= 4 is 31.6 Å². The van der Waals surface area contributed by atoms with Gasteiger partial charge in [-0.3, -0.25) is 9.10 Å². The van der Waals surface area contributed by atoms with Crippen LogP contribution in [0.25, 0.3) is 0 Å². The number of anilines is 1. The monoisotopic (exact) mass is 539 g/mol. The SMILES string of the molecule is CC[C@@H](C(=O)NCCOc1ccc(S(=O)(=O)N2CCCC2)cc1)N(c1cccc(OC)c1)S(C)(=O)=O. The Morgan fingerprint density at radius 2 is 1.72 bits per heavy atom. The van der Waals surface area contributed by atoms with E-state index in [0.29, 0.717) is 30.3 Å². The average Bonchev–Trinajstić information content (AvgIpc) is 3.40. The number of carbonyl (C=O) groups is 1. The molecular formula is C24H33N3O7S2. The fraction of sp³-hybridized carbons (Fsp3) is 0.458. The quantitative estimate of drug-likeness (QED) is 0.411. The molecule has 0 aliphatic carbocycles. The van der Waals surface area contributed by atoms with Crippen molar-refractivity contribution in [2.75, 3.05) is 43.9 Å². The Morgan fingerprint density at radius 3 is 2.31 bits per heavy atom. The van der Waals surface area contributed by atoms with Crippen LogP contribution in [0.15, 0.2) is 53.4 Å². The number of nitrogens with zero attached hydrogens (tertiary/aromatic N) is 2. The number of nitrogens with one attached hydrogen (secondary N) is 1. The Labute approximate surface area is 213 Å². The topological polar surface area (TPSA) is 122 Å². The molecule has 1 aliphatic rings. The number of ether oxygens (including phenoxy) is 2. The van der Waals surface area contributed by atoms with E-state index in [1.165, 1.54) is 23.5 Å². The first-order chi connectivity index (χ1) is 17.1. The van der Waals surface area contributed by atoms with Gasteiger partial charge in [-0.05, 0) is 55.7 Å².